The molecule has 0 aliphatic heterocycles. The zero-order valence-corrected chi connectivity index (χ0v) is 15.9. The van der Waals surface area contributed by atoms with Crippen LogP contribution in [0.15, 0.2) is 67.3 Å². The van der Waals surface area contributed by atoms with Crippen LogP contribution in [0.1, 0.15) is 23.2 Å². The number of anilines is 2. The van der Waals surface area contributed by atoms with E-state index in [-0.39, 0.29) is 17.4 Å². The van der Waals surface area contributed by atoms with Crippen molar-refractivity contribution in [1.29, 1.82) is 0 Å². The molecular weight excluding hydrogens is 392 g/mol. The van der Waals surface area contributed by atoms with Crippen LogP contribution in [0.25, 0.3) is 0 Å². The van der Waals surface area contributed by atoms with Crippen LogP contribution in [0.3, 0.4) is 0 Å². The number of hydrogen-bond donors (Lipinski definition) is 0. The summed E-state index contributed by atoms with van der Waals surface area (Å²) >= 11 is 0. The van der Waals surface area contributed by atoms with Crippen molar-refractivity contribution in [2.45, 2.75) is 19.5 Å². The third-order valence-electron chi connectivity index (χ3n) is 4.58. The zero-order chi connectivity index (χ0) is 20.9. The number of hydrogen-bond acceptors (Lipinski definition) is 5. The minimum absolute atomic E-state index is 0.0421. The van der Waals surface area contributed by atoms with Gasteiger partial charge in [0, 0.05) is 24.7 Å². The number of halogens is 2. The number of alkyl halides is 2. The molecule has 30 heavy (non-hydrogen) atoms. The second kappa shape index (κ2) is 8.86. The summed E-state index contributed by atoms with van der Waals surface area (Å²) in [5, 5.41) is 0. The zero-order valence-electron chi connectivity index (χ0n) is 15.9. The van der Waals surface area contributed by atoms with Gasteiger partial charge in [-0.2, -0.15) is 8.78 Å². The molecule has 0 N–H and O–H groups in total. The molecule has 1 fully saturated rings. The highest BCUT2D eigenvalue weighted by molar-refractivity contribution is 6.11. The number of carbonyl (C=O) groups is 1. The Morgan fingerprint density at radius 3 is 2.50 bits per heavy atom. The summed E-state index contributed by atoms with van der Waals surface area (Å²) in [7, 11) is 0. The van der Waals surface area contributed by atoms with E-state index in [0.29, 0.717) is 29.5 Å². The molecule has 0 bridgehead atoms. The van der Waals surface area contributed by atoms with E-state index in [1.165, 1.54) is 29.3 Å². The highest BCUT2D eigenvalue weighted by atomic mass is 19.3. The van der Waals surface area contributed by atoms with Gasteiger partial charge in [0.1, 0.15) is 11.5 Å². The molecule has 0 spiro atoms. The number of rotatable bonds is 8. The van der Waals surface area contributed by atoms with Gasteiger partial charge in [-0.1, -0.05) is 0 Å². The number of pyridine rings is 2. The summed E-state index contributed by atoms with van der Waals surface area (Å²) < 4.78 is 35.9. The van der Waals surface area contributed by atoms with Crippen molar-refractivity contribution in [3.05, 3.63) is 72.8 Å². The van der Waals surface area contributed by atoms with Crippen LogP contribution in [-0.2, 0) is 0 Å². The molecule has 1 amide bonds. The van der Waals surface area contributed by atoms with Gasteiger partial charge in [-0.25, -0.2) is 0 Å². The van der Waals surface area contributed by atoms with E-state index in [9.17, 15) is 13.6 Å². The first-order valence-corrected chi connectivity index (χ1v) is 9.48. The summed E-state index contributed by atoms with van der Waals surface area (Å²) in [5.74, 6) is 0.314. The standard InChI is InChI=1S/C22H19F2N3O3/c23-22(24)30-18-7-8-19(20(11-18)29-14-15-5-6-15)27(17-4-2-10-26-13-17)21(28)16-3-1-9-25-12-16/h1-4,7-13,15,22H,5-6,14H2. The van der Waals surface area contributed by atoms with Crippen molar-refractivity contribution in [2.24, 2.45) is 5.92 Å². The molecule has 0 radical (unpaired) electrons. The lowest BCUT2D eigenvalue weighted by atomic mass is 10.1. The molecule has 4 rings (SSSR count). The van der Waals surface area contributed by atoms with Gasteiger partial charge >= 0.3 is 6.61 Å². The molecule has 2 heterocycles. The lowest BCUT2D eigenvalue weighted by Crippen LogP contribution is -2.27. The smallest absolute Gasteiger partial charge is 0.387 e. The van der Waals surface area contributed by atoms with E-state index < -0.39 is 6.61 Å². The molecule has 1 aromatic carbocycles. The number of aromatic nitrogens is 2. The first kappa shape index (κ1) is 19.8. The number of amides is 1. The fraction of sp³-hybridized carbons (Fsp3) is 0.227. The van der Waals surface area contributed by atoms with Gasteiger partial charge in [-0.15, -0.1) is 0 Å². The third kappa shape index (κ3) is 4.71. The molecular formula is C22H19F2N3O3. The van der Waals surface area contributed by atoms with E-state index in [2.05, 4.69) is 14.7 Å². The first-order chi connectivity index (χ1) is 14.6. The number of benzene rings is 1. The predicted molar refractivity (Wildman–Crippen MR) is 106 cm³/mol. The van der Waals surface area contributed by atoms with E-state index in [1.54, 1.807) is 42.9 Å². The Bertz CT molecular complexity index is 999. The number of ether oxygens (including phenoxy) is 2. The summed E-state index contributed by atoms with van der Waals surface area (Å²) in [5.41, 5.74) is 1.27. The molecule has 2 aromatic heterocycles. The van der Waals surface area contributed by atoms with E-state index in [4.69, 9.17) is 4.74 Å². The normalized spacial score (nSPS) is 13.2. The van der Waals surface area contributed by atoms with E-state index >= 15 is 0 Å². The molecule has 1 saturated carbocycles. The van der Waals surface area contributed by atoms with Crippen LogP contribution in [0.4, 0.5) is 20.2 Å². The first-order valence-electron chi connectivity index (χ1n) is 9.48. The maximum absolute atomic E-state index is 13.4. The molecule has 8 heteroatoms. The van der Waals surface area contributed by atoms with Gasteiger partial charge in [0.05, 0.1) is 29.7 Å². The van der Waals surface area contributed by atoms with Crippen molar-refractivity contribution in [2.75, 3.05) is 11.5 Å². The van der Waals surface area contributed by atoms with Crippen LogP contribution < -0.4 is 14.4 Å². The highest BCUT2D eigenvalue weighted by Crippen LogP contribution is 2.39. The minimum atomic E-state index is -2.96. The van der Waals surface area contributed by atoms with Gasteiger partial charge in [-0.05, 0) is 55.2 Å². The SMILES string of the molecule is O=C(c1cccnc1)N(c1cccnc1)c1ccc(OC(F)F)cc1OCC1CC1. The Balaban J connectivity index is 1.77. The van der Waals surface area contributed by atoms with Crippen molar-refractivity contribution in [1.82, 2.24) is 9.97 Å². The maximum atomic E-state index is 13.4. The maximum Gasteiger partial charge on any atom is 0.387 e. The van der Waals surface area contributed by atoms with Crippen molar-refractivity contribution in [3.8, 4) is 11.5 Å². The molecule has 6 nitrogen and oxygen atoms in total. The largest absolute Gasteiger partial charge is 0.491 e. The number of carbonyl (C=O) groups excluding carboxylic acids is 1. The average Bonchev–Trinajstić information content (AvgIpc) is 3.59. The monoisotopic (exact) mass is 411 g/mol. The van der Waals surface area contributed by atoms with E-state index in [1.807, 2.05) is 0 Å². The fourth-order valence-electron chi connectivity index (χ4n) is 2.93. The van der Waals surface area contributed by atoms with Crippen LogP contribution in [0.5, 0.6) is 11.5 Å². The summed E-state index contributed by atoms with van der Waals surface area (Å²) in [6, 6.07) is 11.0. The summed E-state index contributed by atoms with van der Waals surface area (Å²) in [6.07, 6.45) is 8.30. The summed E-state index contributed by atoms with van der Waals surface area (Å²) in [6.45, 7) is -2.52. The third-order valence-corrected chi connectivity index (χ3v) is 4.58. The molecule has 1 aliphatic rings. The van der Waals surface area contributed by atoms with Crippen LogP contribution in [0.2, 0.25) is 0 Å². The van der Waals surface area contributed by atoms with Crippen molar-refractivity contribution < 1.29 is 23.0 Å². The van der Waals surface area contributed by atoms with Gasteiger partial charge in [0.25, 0.3) is 5.91 Å². The second-order valence-corrected chi connectivity index (χ2v) is 6.86. The lowest BCUT2D eigenvalue weighted by molar-refractivity contribution is -0.0499. The van der Waals surface area contributed by atoms with Crippen LogP contribution >= 0.6 is 0 Å². The van der Waals surface area contributed by atoms with Gasteiger partial charge in [0.15, 0.2) is 0 Å². The Morgan fingerprint density at radius 2 is 1.87 bits per heavy atom. The lowest BCUT2D eigenvalue weighted by Gasteiger charge is -2.25. The Kier molecular flexibility index (Phi) is 5.83. The van der Waals surface area contributed by atoms with Gasteiger partial charge in [-0.3, -0.25) is 19.7 Å². The van der Waals surface area contributed by atoms with E-state index in [0.717, 1.165) is 12.8 Å². The highest BCUT2D eigenvalue weighted by Gasteiger charge is 2.27. The van der Waals surface area contributed by atoms with Gasteiger partial charge < -0.3 is 9.47 Å². The Morgan fingerprint density at radius 1 is 1.10 bits per heavy atom. The second-order valence-electron chi connectivity index (χ2n) is 6.86. The quantitative estimate of drug-likeness (QED) is 0.530. The Hall–Kier alpha value is -3.55. The topological polar surface area (TPSA) is 64.6 Å². The molecule has 0 unspecified atom stereocenters. The predicted octanol–water partition coefficient (Wildman–Crippen LogP) is 4.85. The Labute approximate surface area is 172 Å². The molecule has 1 aliphatic carbocycles. The number of nitrogens with zero attached hydrogens (tertiary/aromatic N) is 3. The fourth-order valence-corrected chi connectivity index (χ4v) is 2.93. The minimum Gasteiger partial charge on any atom is -0.491 e. The van der Waals surface area contributed by atoms with Crippen LogP contribution in [0, 0.1) is 5.92 Å². The molecule has 154 valence electrons. The van der Waals surface area contributed by atoms with Crippen LogP contribution in [-0.4, -0.2) is 29.1 Å². The van der Waals surface area contributed by atoms with Crippen molar-refractivity contribution >= 4 is 17.3 Å². The molecule has 0 saturated heterocycles. The van der Waals surface area contributed by atoms with Crippen molar-refractivity contribution in [3.63, 3.8) is 0 Å². The molecule has 3 aromatic rings. The average molecular weight is 411 g/mol. The molecule has 0 atom stereocenters. The van der Waals surface area contributed by atoms with Gasteiger partial charge in [0.2, 0.25) is 0 Å². The summed E-state index contributed by atoms with van der Waals surface area (Å²) in [4.78, 5) is 22.9.